The van der Waals surface area contributed by atoms with Gasteiger partial charge >= 0.3 is 0 Å². The zero-order valence-electron chi connectivity index (χ0n) is 10.9. The highest BCUT2D eigenvalue weighted by molar-refractivity contribution is 5.21. The molecule has 0 fully saturated rings. The first kappa shape index (κ1) is 12.0. The lowest BCUT2D eigenvalue weighted by atomic mass is 10.1. The molecule has 5 heteroatoms. The fourth-order valence-corrected chi connectivity index (χ4v) is 2.46. The number of fused-ring (bicyclic) bond motifs is 1. The molecule has 1 N–H and O–H groups in total. The van der Waals surface area contributed by atoms with Crippen LogP contribution in [0.3, 0.4) is 0 Å². The van der Waals surface area contributed by atoms with Gasteiger partial charge in [-0.1, -0.05) is 6.07 Å². The van der Waals surface area contributed by atoms with E-state index >= 15 is 0 Å². The van der Waals surface area contributed by atoms with Crippen molar-refractivity contribution >= 4 is 0 Å². The number of H-pyrrole nitrogens is 1. The van der Waals surface area contributed by atoms with E-state index in [0.717, 1.165) is 36.5 Å². The van der Waals surface area contributed by atoms with Crippen LogP contribution >= 0.6 is 0 Å². The van der Waals surface area contributed by atoms with Gasteiger partial charge in [0, 0.05) is 32.3 Å². The fraction of sp³-hybridized carbons (Fsp3) is 0.357. The lowest BCUT2D eigenvalue weighted by Gasteiger charge is -2.27. The summed E-state index contributed by atoms with van der Waals surface area (Å²) in [6.07, 6.45) is 2.62. The molecular weight excluding hydrogens is 240 g/mol. The van der Waals surface area contributed by atoms with E-state index in [0.29, 0.717) is 12.4 Å². The quantitative estimate of drug-likeness (QED) is 0.872. The summed E-state index contributed by atoms with van der Waals surface area (Å²) in [6.45, 7) is 4.16. The molecule has 0 saturated heterocycles. The first-order valence-corrected chi connectivity index (χ1v) is 6.43. The molecule has 2 aromatic heterocycles. The Labute approximate surface area is 111 Å². The Morgan fingerprint density at radius 1 is 1.42 bits per heavy atom. The van der Waals surface area contributed by atoms with Gasteiger partial charge in [0.05, 0.1) is 17.0 Å². The molecule has 0 spiro atoms. The molecule has 19 heavy (non-hydrogen) atoms. The summed E-state index contributed by atoms with van der Waals surface area (Å²) in [5, 5.41) is 0. The highest BCUT2D eigenvalue weighted by Crippen LogP contribution is 2.15. The largest absolute Gasteiger partial charge is 0.310 e. The molecule has 3 rings (SSSR count). The summed E-state index contributed by atoms with van der Waals surface area (Å²) in [6, 6.07) is 5.90. The van der Waals surface area contributed by atoms with Gasteiger partial charge in [0.25, 0.3) is 5.56 Å². The van der Waals surface area contributed by atoms with Gasteiger partial charge in [0.15, 0.2) is 0 Å². The summed E-state index contributed by atoms with van der Waals surface area (Å²) >= 11 is 0. The third-order valence-electron chi connectivity index (χ3n) is 3.38. The van der Waals surface area contributed by atoms with E-state index in [9.17, 15) is 4.79 Å². The minimum Gasteiger partial charge on any atom is -0.310 e. The van der Waals surface area contributed by atoms with Gasteiger partial charge in [-0.3, -0.25) is 14.7 Å². The number of pyridine rings is 1. The smallest absolute Gasteiger partial charge is 0.255 e. The summed E-state index contributed by atoms with van der Waals surface area (Å²) in [5.41, 5.74) is 2.77. The number of hydrogen-bond acceptors (Lipinski definition) is 4. The fourth-order valence-electron chi connectivity index (χ4n) is 2.46. The van der Waals surface area contributed by atoms with Crippen LogP contribution in [0.2, 0.25) is 0 Å². The summed E-state index contributed by atoms with van der Waals surface area (Å²) in [5.74, 6) is 0.696. The second-order valence-corrected chi connectivity index (χ2v) is 4.86. The number of aromatic amines is 1. The maximum absolute atomic E-state index is 11.9. The molecule has 1 aliphatic heterocycles. The van der Waals surface area contributed by atoms with Crippen molar-refractivity contribution in [3.8, 4) is 0 Å². The molecule has 3 heterocycles. The maximum Gasteiger partial charge on any atom is 0.255 e. The second kappa shape index (κ2) is 4.93. The summed E-state index contributed by atoms with van der Waals surface area (Å²) in [4.78, 5) is 25.7. The van der Waals surface area contributed by atoms with Crippen LogP contribution in [0.1, 0.15) is 22.8 Å². The van der Waals surface area contributed by atoms with E-state index in [4.69, 9.17) is 0 Å². The Morgan fingerprint density at radius 2 is 2.32 bits per heavy atom. The van der Waals surface area contributed by atoms with Gasteiger partial charge in [-0.15, -0.1) is 0 Å². The molecule has 0 aliphatic carbocycles. The van der Waals surface area contributed by atoms with Crippen LogP contribution in [0.4, 0.5) is 0 Å². The average molecular weight is 256 g/mol. The van der Waals surface area contributed by atoms with Crippen LogP contribution in [-0.4, -0.2) is 26.4 Å². The van der Waals surface area contributed by atoms with Gasteiger partial charge < -0.3 is 4.98 Å². The van der Waals surface area contributed by atoms with Gasteiger partial charge in [-0.25, -0.2) is 4.98 Å². The van der Waals surface area contributed by atoms with E-state index < -0.39 is 0 Å². The lowest BCUT2D eigenvalue weighted by Crippen LogP contribution is -2.35. The molecule has 0 atom stereocenters. The Kier molecular flexibility index (Phi) is 3.13. The molecule has 0 aromatic carbocycles. The Balaban J connectivity index is 1.81. The topological polar surface area (TPSA) is 61.9 Å². The SMILES string of the molecule is Cc1nc2c(c(=O)[nH]1)CN(Cc1ccccn1)CC2. The molecule has 0 radical (unpaired) electrons. The average Bonchev–Trinajstić information content (AvgIpc) is 2.40. The number of nitrogens with zero attached hydrogens (tertiary/aromatic N) is 3. The van der Waals surface area contributed by atoms with Crippen molar-refractivity contribution in [1.82, 2.24) is 19.9 Å². The molecule has 0 amide bonds. The predicted octanol–water partition coefficient (Wildman–Crippen LogP) is 1.03. The monoisotopic (exact) mass is 256 g/mol. The van der Waals surface area contributed by atoms with Gasteiger partial charge in [0.1, 0.15) is 5.82 Å². The van der Waals surface area contributed by atoms with Crippen molar-refractivity contribution in [2.24, 2.45) is 0 Å². The van der Waals surface area contributed by atoms with Crippen molar-refractivity contribution in [3.63, 3.8) is 0 Å². The minimum atomic E-state index is -0.00628. The molecule has 0 bridgehead atoms. The van der Waals surface area contributed by atoms with Gasteiger partial charge in [-0.2, -0.15) is 0 Å². The van der Waals surface area contributed by atoms with E-state index in [-0.39, 0.29) is 5.56 Å². The number of aryl methyl sites for hydroxylation is 1. The van der Waals surface area contributed by atoms with Crippen LogP contribution in [-0.2, 0) is 19.5 Å². The molecule has 98 valence electrons. The summed E-state index contributed by atoms with van der Waals surface area (Å²) < 4.78 is 0. The van der Waals surface area contributed by atoms with Crippen LogP contribution < -0.4 is 5.56 Å². The van der Waals surface area contributed by atoms with Crippen LogP contribution in [0.5, 0.6) is 0 Å². The Morgan fingerprint density at radius 3 is 3.11 bits per heavy atom. The Hall–Kier alpha value is -2.01. The summed E-state index contributed by atoms with van der Waals surface area (Å²) in [7, 11) is 0. The van der Waals surface area contributed by atoms with E-state index in [1.165, 1.54) is 0 Å². The van der Waals surface area contributed by atoms with Crippen molar-refractivity contribution < 1.29 is 0 Å². The van der Waals surface area contributed by atoms with Crippen LogP contribution in [0.15, 0.2) is 29.2 Å². The minimum absolute atomic E-state index is 0.00628. The molecule has 1 aliphatic rings. The molecule has 2 aromatic rings. The van der Waals surface area contributed by atoms with Crippen LogP contribution in [0.25, 0.3) is 0 Å². The molecule has 0 saturated carbocycles. The zero-order chi connectivity index (χ0) is 13.2. The highest BCUT2D eigenvalue weighted by atomic mass is 16.1. The van der Waals surface area contributed by atoms with Crippen molar-refractivity contribution in [1.29, 1.82) is 0 Å². The number of nitrogens with one attached hydrogen (secondary N) is 1. The van der Waals surface area contributed by atoms with E-state index in [1.54, 1.807) is 6.20 Å². The lowest BCUT2D eigenvalue weighted by molar-refractivity contribution is 0.238. The number of hydrogen-bond donors (Lipinski definition) is 1. The number of aromatic nitrogens is 3. The third-order valence-corrected chi connectivity index (χ3v) is 3.38. The number of rotatable bonds is 2. The Bertz CT molecular complexity index is 636. The second-order valence-electron chi connectivity index (χ2n) is 4.86. The van der Waals surface area contributed by atoms with E-state index in [1.807, 2.05) is 25.1 Å². The third kappa shape index (κ3) is 2.56. The molecule has 0 unspecified atom stereocenters. The molecular formula is C14H16N4O. The van der Waals surface area contributed by atoms with Crippen molar-refractivity contribution in [2.75, 3.05) is 6.54 Å². The first-order valence-electron chi connectivity index (χ1n) is 6.43. The normalized spacial score (nSPS) is 15.2. The standard InChI is InChI=1S/C14H16N4O/c1-10-16-13-5-7-18(9-12(13)14(19)17-10)8-11-4-2-3-6-15-11/h2-4,6H,5,7-9H2,1H3,(H,16,17,19). The highest BCUT2D eigenvalue weighted by Gasteiger charge is 2.20. The predicted molar refractivity (Wildman–Crippen MR) is 71.6 cm³/mol. The van der Waals surface area contributed by atoms with Gasteiger partial charge in [-0.05, 0) is 19.1 Å². The molecule has 5 nitrogen and oxygen atoms in total. The van der Waals surface area contributed by atoms with Crippen molar-refractivity contribution in [3.05, 3.63) is 57.5 Å². The van der Waals surface area contributed by atoms with E-state index in [2.05, 4.69) is 19.9 Å². The van der Waals surface area contributed by atoms with Crippen molar-refractivity contribution in [2.45, 2.75) is 26.4 Å². The zero-order valence-corrected chi connectivity index (χ0v) is 10.9. The maximum atomic E-state index is 11.9. The van der Waals surface area contributed by atoms with Gasteiger partial charge in [0.2, 0.25) is 0 Å². The van der Waals surface area contributed by atoms with Crippen LogP contribution in [0, 0.1) is 6.92 Å². The first-order chi connectivity index (χ1) is 9.22.